The van der Waals surface area contributed by atoms with E-state index in [1.54, 1.807) is 17.0 Å². The molecule has 1 aromatic carbocycles. The van der Waals surface area contributed by atoms with Crippen LogP contribution in [0.1, 0.15) is 10.4 Å². The zero-order valence-electron chi connectivity index (χ0n) is 9.28. The largest absolute Gasteiger partial charge is 0.508 e. The summed E-state index contributed by atoms with van der Waals surface area (Å²) in [5.74, 6) is 0.0277. The highest BCUT2D eigenvalue weighted by Gasteiger charge is 2.30. The van der Waals surface area contributed by atoms with Gasteiger partial charge in [0.05, 0.1) is 18.8 Å². The van der Waals surface area contributed by atoms with E-state index in [4.69, 9.17) is 5.11 Å². The topological polar surface area (TPSA) is 81.0 Å². The molecule has 92 valence electrons. The number of hydrogen-bond donors (Lipinski definition) is 3. The standard InChI is InChI=1S/C12H15NO4/c14-9-3-1-8(2-4-9)10(15)5-13-6-11(16)12(17)7-13/h1-4,11-12,14,16-17H,5-7H2. The minimum absolute atomic E-state index is 0.0914. The molecule has 0 saturated carbocycles. The number of likely N-dealkylation sites (tertiary alicyclic amines) is 1. The number of aliphatic hydroxyl groups is 2. The predicted molar refractivity (Wildman–Crippen MR) is 60.9 cm³/mol. The van der Waals surface area contributed by atoms with E-state index in [0.29, 0.717) is 18.7 Å². The summed E-state index contributed by atoms with van der Waals surface area (Å²) < 4.78 is 0. The average Bonchev–Trinajstić information content (AvgIpc) is 2.58. The molecule has 5 nitrogen and oxygen atoms in total. The Labute approximate surface area is 98.9 Å². The normalized spacial score (nSPS) is 25.1. The van der Waals surface area contributed by atoms with Crippen molar-refractivity contribution in [3.8, 4) is 5.75 Å². The molecule has 0 bridgehead atoms. The van der Waals surface area contributed by atoms with Crippen molar-refractivity contribution in [3.05, 3.63) is 29.8 Å². The zero-order valence-corrected chi connectivity index (χ0v) is 9.28. The fourth-order valence-electron chi connectivity index (χ4n) is 1.92. The van der Waals surface area contributed by atoms with E-state index in [9.17, 15) is 15.0 Å². The molecule has 0 amide bonds. The van der Waals surface area contributed by atoms with Gasteiger partial charge in [-0.05, 0) is 24.3 Å². The van der Waals surface area contributed by atoms with Gasteiger partial charge in [-0.1, -0.05) is 0 Å². The molecule has 1 heterocycles. The van der Waals surface area contributed by atoms with E-state index in [-0.39, 0.29) is 18.1 Å². The van der Waals surface area contributed by atoms with Crippen molar-refractivity contribution in [1.29, 1.82) is 0 Å². The average molecular weight is 237 g/mol. The Kier molecular flexibility index (Phi) is 3.42. The van der Waals surface area contributed by atoms with E-state index >= 15 is 0 Å². The van der Waals surface area contributed by atoms with Gasteiger partial charge in [0.15, 0.2) is 5.78 Å². The number of phenols is 1. The molecule has 1 aliphatic rings. The van der Waals surface area contributed by atoms with Gasteiger partial charge >= 0.3 is 0 Å². The first-order chi connectivity index (χ1) is 8.06. The van der Waals surface area contributed by atoms with Crippen molar-refractivity contribution < 1.29 is 20.1 Å². The third kappa shape index (κ3) is 2.82. The van der Waals surface area contributed by atoms with Crippen LogP contribution in [0.2, 0.25) is 0 Å². The minimum atomic E-state index is -0.775. The summed E-state index contributed by atoms with van der Waals surface area (Å²) in [5.41, 5.74) is 0.513. The van der Waals surface area contributed by atoms with Gasteiger partial charge in [-0.2, -0.15) is 0 Å². The van der Waals surface area contributed by atoms with Crippen LogP contribution in [0.5, 0.6) is 5.75 Å². The second-order valence-corrected chi connectivity index (χ2v) is 4.30. The fourth-order valence-corrected chi connectivity index (χ4v) is 1.92. The lowest BCUT2D eigenvalue weighted by molar-refractivity contribution is 0.0572. The molecule has 17 heavy (non-hydrogen) atoms. The Morgan fingerprint density at radius 3 is 2.24 bits per heavy atom. The summed E-state index contributed by atoms with van der Waals surface area (Å²) in [5, 5.41) is 27.8. The van der Waals surface area contributed by atoms with Crippen LogP contribution in [0.3, 0.4) is 0 Å². The molecular weight excluding hydrogens is 222 g/mol. The summed E-state index contributed by atoms with van der Waals surface area (Å²) in [7, 11) is 0. The highest BCUT2D eigenvalue weighted by atomic mass is 16.3. The fraction of sp³-hybridized carbons (Fsp3) is 0.417. The molecule has 2 atom stereocenters. The number of rotatable bonds is 3. The van der Waals surface area contributed by atoms with E-state index in [2.05, 4.69) is 0 Å². The highest BCUT2D eigenvalue weighted by molar-refractivity contribution is 5.97. The minimum Gasteiger partial charge on any atom is -0.508 e. The van der Waals surface area contributed by atoms with Crippen LogP contribution < -0.4 is 0 Å². The lowest BCUT2D eigenvalue weighted by Gasteiger charge is -2.13. The van der Waals surface area contributed by atoms with E-state index in [1.807, 2.05) is 0 Å². The van der Waals surface area contributed by atoms with Crippen molar-refractivity contribution in [3.63, 3.8) is 0 Å². The van der Waals surface area contributed by atoms with Gasteiger partial charge in [-0.15, -0.1) is 0 Å². The third-order valence-electron chi connectivity index (χ3n) is 2.89. The van der Waals surface area contributed by atoms with Crippen molar-refractivity contribution in [2.45, 2.75) is 12.2 Å². The molecule has 2 rings (SSSR count). The quantitative estimate of drug-likeness (QED) is 0.624. The molecule has 0 radical (unpaired) electrons. The third-order valence-corrected chi connectivity index (χ3v) is 2.89. The second-order valence-electron chi connectivity index (χ2n) is 4.30. The lowest BCUT2D eigenvalue weighted by atomic mass is 10.1. The highest BCUT2D eigenvalue weighted by Crippen LogP contribution is 2.13. The van der Waals surface area contributed by atoms with Crippen LogP contribution in [0.4, 0.5) is 0 Å². The van der Waals surface area contributed by atoms with Gasteiger partial charge < -0.3 is 15.3 Å². The van der Waals surface area contributed by atoms with E-state index in [1.165, 1.54) is 12.1 Å². The number of benzene rings is 1. The maximum absolute atomic E-state index is 11.8. The van der Waals surface area contributed by atoms with E-state index < -0.39 is 12.2 Å². The summed E-state index contributed by atoms with van der Waals surface area (Å²) in [4.78, 5) is 13.6. The SMILES string of the molecule is O=C(CN1CC(O)C(O)C1)c1ccc(O)cc1. The summed E-state index contributed by atoms with van der Waals surface area (Å²) >= 11 is 0. The molecular formula is C12H15NO4. The Bertz CT molecular complexity index is 393. The van der Waals surface area contributed by atoms with Crippen LogP contribution in [-0.4, -0.2) is 57.8 Å². The Hall–Kier alpha value is -1.43. The van der Waals surface area contributed by atoms with Crippen LogP contribution in [-0.2, 0) is 0 Å². The number of aromatic hydroxyl groups is 1. The maximum atomic E-state index is 11.8. The maximum Gasteiger partial charge on any atom is 0.176 e. The van der Waals surface area contributed by atoms with Crippen molar-refractivity contribution in [1.82, 2.24) is 4.90 Å². The summed E-state index contributed by atoms with van der Waals surface area (Å²) in [6, 6.07) is 6.03. The van der Waals surface area contributed by atoms with Gasteiger partial charge in [0.2, 0.25) is 0 Å². The molecule has 1 saturated heterocycles. The first-order valence-electron chi connectivity index (χ1n) is 5.47. The number of phenolic OH excluding ortho intramolecular Hbond substituents is 1. The molecule has 0 aliphatic carbocycles. The lowest BCUT2D eigenvalue weighted by Crippen LogP contribution is -2.28. The van der Waals surface area contributed by atoms with Crippen molar-refractivity contribution >= 4 is 5.78 Å². The number of aliphatic hydroxyl groups excluding tert-OH is 2. The zero-order chi connectivity index (χ0) is 12.4. The van der Waals surface area contributed by atoms with Crippen LogP contribution in [0.25, 0.3) is 0 Å². The first-order valence-corrected chi connectivity index (χ1v) is 5.47. The van der Waals surface area contributed by atoms with Gasteiger partial charge in [0.25, 0.3) is 0 Å². The predicted octanol–water partition coefficient (Wildman–Crippen LogP) is -0.388. The Morgan fingerprint density at radius 1 is 1.18 bits per heavy atom. The van der Waals surface area contributed by atoms with Gasteiger partial charge in [0, 0.05) is 18.7 Å². The number of carbonyl (C=O) groups excluding carboxylic acids is 1. The molecule has 1 aliphatic heterocycles. The summed E-state index contributed by atoms with van der Waals surface area (Å²) in [6.45, 7) is 0.787. The van der Waals surface area contributed by atoms with Crippen molar-refractivity contribution in [2.24, 2.45) is 0 Å². The van der Waals surface area contributed by atoms with Crippen LogP contribution in [0, 0.1) is 0 Å². The molecule has 0 spiro atoms. The number of ketones is 1. The molecule has 0 aromatic heterocycles. The molecule has 2 unspecified atom stereocenters. The van der Waals surface area contributed by atoms with Gasteiger partial charge in [-0.25, -0.2) is 0 Å². The van der Waals surface area contributed by atoms with Crippen LogP contribution >= 0.6 is 0 Å². The van der Waals surface area contributed by atoms with Gasteiger partial charge in [0.1, 0.15) is 5.75 Å². The number of hydrogen-bond acceptors (Lipinski definition) is 5. The van der Waals surface area contributed by atoms with E-state index in [0.717, 1.165) is 0 Å². The van der Waals surface area contributed by atoms with Crippen LogP contribution in [0.15, 0.2) is 24.3 Å². The number of nitrogens with zero attached hydrogens (tertiary/aromatic N) is 1. The smallest absolute Gasteiger partial charge is 0.176 e. The number of β-amino-alcohol motifs (C(OH)–C–C–N with tert-alkyl or cyclic N) is 2. The molecule has 1 aromatic rings. The van der Waals surface area contributed by atoms with Gasteiger partial charge in [-0.3, -0.25) is 9.69 Å². The molecule has 1 fully saturated rings. The Balaban J connectivity index is 1.96. The summed E-state index contributed by atoms with van der Waals surface area (Å²) in [6.07, 6.45) is -1.55. The monoisotopic (exact) mass is 237 g/mol. The molecule has 5 heteroatoms. The van der Waals surface area contributed by atoms with Crippen molar-refractivity contribution in [2.75, 3.05) is 19.6 Å². The Morgan fingerprint density at radius 2 is 1.71 bits per heavy atom. The number of Topliss-reactive ketones (excluding diaryl/α,β-unsaturated/α-hetero) is 1. The first kappa shape index (κ1) is 12.0. The molecule has 3 N–H and O–H groups in total. The second kappa shape index (κ2) is 4.83. The number of carbonyl (C=O) groups is 1.